The maximum Gasteiger partial charge on any atom is 0.338 e. The van der Waals surface area contributed by atoms with Crippen LogP contribution in [0.5, 0.6) is 0 Å². The Bertz CT molecular complexity index is 631. The van der Waals surface area contributed by atoms with Crippen LogP contribution in [0.2, 0.25) is 0 Å². The van der Waals surface area contributed by atoms with E-state index in [1.807, 2.05) is 6.07 Å². The number of hydrogen-bond donors (Lipinski definition) is 0. The zero-order valence-electron chi connectivity index (χ0n) is 10.7. The molecule has 98 valence electrons. The first-order chi connectivity index (χ1) is 9.20. The Labute approximate surface area is 111 Å². The largest absolute Gasteiger partial charge is 0.462 e. The molecular formula is C15H15NO3. The summed E-state index contributed by atoms with van der Waals surface area (Å²) in [7, 11) is 0. The summed E-state index contributed by atoms with van der Waals surface area (Å²) in [4.78, 5) is 23.2. The Morgan fingerprint density at radius 3 is 2.79 bits per heavy atom. The molecule has 0 N–H and O–H groups in total. The first-order valence-corrected chi connectivity index (χ1v) is 6.12. The maximum atomic E-state index is 11.6. The molecular weight excluding hydrogens is 242 g/mol. The summed E-state index contributed by atoms with van der Waals surface area (Å²) in [6, 6.07) is 12.1. The quantitative estimate of drug-likeness (QED) is 0.788. The van der Waals surface area contributed by atoms with Crippen molar-refractivity contribution < 1.29 is 9.53 Å². The molecule has 0 saturated carbocycles. The van der Waals surface area contributed by atoms with Crippen molar-refractivity contribution in [3.8, 4) is 0 Å². The van der Waals surface area contributed by atoms with Crippen molar-refractivity contribution in [2.24, 2.45) is 0 Å². The number of carbonyl (C=O) groups is 1. The molecule has 0 unspecified atom stereocenters. The summed E-state index contributed by atoms with van der Waals surface area (Å²) in [6.45, 7) is 2.55. The van der Waals surface area contributed by atoms with Crippen LogP contribution in [0, 0.1) is 0 Å². The zero-order valence-corrected chi connectivity index (χ0v) is 10.7. The Morgan fingerprint density at radius 1 is 1.21 bits per heavy atom. The van der Waals surface area contributed by atoms with Gasteiger partial charge in [0.25, 0.3) is 5.56 Å². The topological polar surface area (TPSA) is 48.3 Å². The van der Waals surface area contributed by atoms with Crippen molar-refractivity contribution in [3.05, 3.63) is 70.1 Å². The third-order valence-electron chi connectivity index (χ3n) is 2.69. The lowest BCUT2D eigenvalue weighted by Gasteiger charge is -2.07. The molecule has 2 rings (SSSR count). The van der Waals surface area contributed by atoms with Gasteiger partial charge in [-0.3, -0.25) is 4.79 Å². The van der Waals surface area contributed by atoms with Crippen LogP contribution in [0.1, 0.15) is 22.8 Å². The first-order valence-electron chi connectivity index (χ1n) is 6.12. The Balaban J connectivity index is 2.22. The lowest BCUT2D eigenvalue weighted by atomic mass is 10.1. The van der Waals surface area contributed by atoms with Gasteiger partial charge in [-0.25, -0.2) is 4.79 Å². The fourth-order valence-corrected chi connectivity index (χ4v) is 1.80. The van der Waals surface area contributed by atoms with Gasteiger partial charge in [0.05, 0.1) is 18.7 Å². The van der Waals surface area contributed by atoms with E-state index < -0.39 is 0 Å². The summed E-state index contributed by atoms with van der Waals surface area (Å²) in [5.41, 5.74) is 1.33. The van der Waals surface area contributed by atoms with Crippen LogP contribution in [-0.4, -0.2) is 17.1 Å². The van der Waals surface area contributed by atoms with Gasteiger partial charge in [0.2, 0.25) is 0 Å². The molecule has 0 saturated heterocycles. The molecule has 1 aromatic carbocycles. The third-order valence-corrected chi connectivity index (χ3v) is 2.69. The lowest BCUT2D eigenvalue weighted by Crippen LogP contribution is -2.18. The van der Waals surface area contributed by atoms with Crippen LogP contribution in [0.3, 0.4) is 0 Å². The van der Waals surface area contributed by atoms with E-state index >= 15 is 0 Å². The third kappa shape index (κ3) is 3.31. The molecule has 4 nitrogen and oxygen atoms in total. The van der Waals surface area contributed by atoms with Gasteiger partial charge in [0.1, 0.15) is 0 Å². The molecule has 0 amide bonds. The second kappa shape index (κ2) is 6.00. The molecule has 0 spiro atoms. The number of esters is 1. The van der Waals surface area contributed by atoms with E-state index in [-0.39, 0.29) is 11.5 Å². The molecule has 1 heterocycles. The molecule has 0 bridgehead atoms. The van der Waals surface area contributed by atoms with Crippen molar-refractivity contribution in [1.29, 1.82) is 0 Å². The minimum Gasteiger partial charge on any atom is -0.462 e. The number of rotatable bonds is 4. The summed E-state index contributed by atoms with van der Waals surface area (Å²) < 4.78 is 6.54. The van der Waals surface area contributed by atoms with Crippen LogP contribution in [0.15, 0.2) is 53.5 Å². The average Bonchev–Trinajstić information content (AvgIpc) is 2.42. The number of hydrogen-bond acceptors (Lipinski definition) is 3. The molecule has 0 fully saturated rings. The molecule has 19 heavy (non-hydrogen) atoms. The second-order valence-electron chi connectivity index (χ2n) is 4.09. The predicted octanol–water partition coefficient (Wildman–Crippen LogP) is 2.07. The normalized spacial score (nSPS) is 10.2. The zero-order chi connectivity index (χ0) is 13.7. The minimum absolute atomic E-state index is 0.0657. The van der Waals surface area contributed by atoms with Gasteiger partial charge in [-0.1, -0.05) is 18.2 Å². The van der Waals surface area contributed by atoms with Crippen LogP contribution in [0.25, 0.3) is 0 Å². The van der Waals surface area contributed by atoms with Crippen LogP contribution < -0.4 is 5.56 Å². The molecule has 0 aliphatic carbocycles. The minimum atomic E-state index is -0.343. The van der Waals surface area contributed by atoms with E-state index in [1.54, 1.807) is 48.0 Å². The van der Waals surface area contributed by atoms with Crippen molar-refractivity contribution in [2.45, 2.75) is 13.5 Å². The summed E-state index contributed by atoms with van der Waals surface area (Å²) in [6.07, 6.45) is 1.72. The molecule has 2 aromatic rings. The summed E-state index contributed by atoms with van der Waals surface area (Å²) in [5.74, 6) is -0.343. The van der Waals surface area contributed by atoms with E-state index in [0.29, 0.717) is 18.7 Å². The van der Waals surface area contributed by atoms with Crippen molar-refractivity contribution >= 4 is 5.97 Å². The van der Waals surface area contributed by atoms with Gasteiger partial charge >= 0.3 is 5.97 Å². The number of pyridine rings is 1. The smallest absolute Gasteiger partial charge is 0.338 e. The molecule has 0 radical (unpaired) electrons. The van der Waals surface area contributed by atoms with Gasteiger partial charge in [0, 0.05) is 12.3 Å². The molecule has 0 atom stereocenters. The van der Waals surface area contributed by atoms with Crippen LogP contribution in [0.4, 0.5) is 0 Å². The van der Waals surface area contributed by atoms with E-state index in [1.165, 1.54) is 6.07 Å². The van der Waals surface area contributed by atoms with E-state index in [9.17, 15) is 9.59 Å². The molecule has 1 aromatic heterocycles. The molecule has 4 heteroatoms. The SMILES string of the molecule is CCOC(=O)c1cccc(Cn2ccccc2=O)c1. The molecule has 0 aliphatic rings. The fraction of sp³-hybridized carbons (Fsp3) is 0.200. The van der Waals surface area contributed by atoms with Crippen molar-refractivity contribution in [2.75, 3.05) is 6.61 Å². The van der Waals surface area contributed by atoms with Gasteiger partial charge in [-0.15, -0.1) is 0 Å². The van der Waals surface area contributed by atoms with Crippen LogP contribution in [-0.2, 0) is 11.3 Å². The second-order valence-corrected chi connectivity index (χ2v) is 4.09. The summed E-state index contributed by atoms with van der Waals surface area (Å²) in [5, 5.41) is 0. The van der Waals surface area contributed by atoms with Crippen molar-refractivity contribution in [3.63, 3.8) is 0 Å². The predicted molar refractivity (Wildman–Crippen MR) is 72.2 cm³/mol. The van der Waals surface area contributed by atoms with Crippen molar-refractivity contribution in [1.82, 2.24) is 4.57 Å². The summed E-state index contributed by atoms with van der Waals surface area (Å²) >= 11 is 0. The standard InChI is InChI=1S/C15H15NO3/c1-2-19-15(18)13-7-5-6-12(10-13)11-16-9-4-3-8-14(16)17/h3-10H,2,11H2,1H3. The number of aromatic nitrogens is 1. The Hall–Kier alpha value is -2.36. The Kier molecular flexibility index (Phi) is 4.13. The number of nitrogens with zero attached hydrogens (tertiary/aromatic N) is 1. The number of carbonyl (C=O) groups excluding carboxylic acids is 1. The highest BCUT2D eigenvalue weighted by Crippen LogP contribution is 2.08. The number of ether oxygens (including phenoxy) is 1. The highest BCUT2D eigenvalue weighted by atomic mass is 16.5. The van der Waals surface area contributed by atoms with Gasteiger partial charge in [-0.05, 0) is 30.7 Å². The van der Waals surface area contributed by atoms with E-state index in [0.717, 1.165) is 5.56 Å². The Morgan fingerprint density at radius 2 is 2.05 bits per heavy atom. The monoisotopic (exact) mass is 257 g/mol. The van der Waals surface area contributed by atoms with E-state index in [4.69, 9.17) is 4.74 Å². The number of benzene rings is 1. The first kappa shape index (κ1) is 13.1. The maximum absolute atomic E-state index is 11.6. The average molecular weight is 257 g/mol. The fourth-order valence-electron chi connectivity index (χ4n) is 1.80. The highest BCUT2D eigenvalue weighted by Gasteiger charge is 2.07. The lowest BCUT2D eigenvalue weighted by molar-refractivity contribution is 0.0526. The van der Waals surface area contributed by atoms with Gasteiger partial charge in [-0.2, -0.15) is 0 Å². The highest BCUT2D eigenvalue weighted by molar-refractivity contribution is 5.89. The van der Waals surface area contributed by atoms with Gasteiger partial charge < -0.3 is 9.30 Å². The van der Waals surface area contributed by atoms with Gasteiger partial charge in [0.15, 0.2) is 0 Å². The molecule has 0 aliphatic heterocycles. The van der Waals surface area contributed by atoms with E-state index in [2.05, 4.69) is 0 Å². The van der Waals surface area contributed by atoms with Crippen LogP contribution >= 0.6 is 0 Å².